The van der Waals surface area contributed by atoms with E-state index in [1.54, 1.807) is 24.1 Å². The van der Waals surface area contributed by atoms with E-state index in [9.17, 15) is 0 Å². The fourth-order valence-corrected chi connectivity index (χ4v) is 2.37. The summed E-state index contributed by atoms with van der Waals surface area (Å²) < 4.78 is 1.77. The smallest absolute Gasteiger partial charge is 0.138 e. The van der Waals surface area contributed by atoms with Crippen LogP contribution in [0, 0.1) is 11.3 Å². The second-order valence-corrected chi connectivity index (χ2v) is 5.41. The minimum absolute atomic E-state index is 0.00711. The molecule has 0 aromatic carbocycles. The molecule has 2 aromatic rings. The first-order valence-electron chi connectivity index (χ1n) is 5.88. The van der Waals surface area contributed by atoms with Crippen LogP contribution >= 0.6 is 22.6 Å². The average Bonchev–Trinajstić information content (AvgIpc) is 3.09. The Kier molecular flexibility index (Phi) is 4.68. The second-order valence-electron chi connectivity index (χ2n) is 3.98. The van der Waals surface area contributed by atoms with E-state index in [1.165, 1.54) is 0 Å². The van der Waals surface area contributed by atoms with Crippen molar-refractivity contribution in [3.63, 3.8) is 0 Å². The third-order valence-corrected chi connectivity index (χ3v) is 3.79. The van der Waals surface area contributed by atoms with Crippen LogP contribution in [0.2, 0.25) is 0 Å². The van der Waals surface area contributed by atoms with Gasteiger partial charge in [0.2, 0.25) is 0 Å². The van der Waals surface area contributed by atoms with Crippen LogP contribution in [0.1, 0.15) is 21.6 Å². The maximum absolute atomic E-state index is 8.74. The number of aromatic nitrogens is 3. The quantitative estimate of drug-likeness (QED) is 0.492. The van der Waals surface area contributed by atoms with E-state index in [4.69, 9.17) is 5.26 Å². The summed E-state index contributed by atoms with van der Waals surface area (Å²) in [6, 6.07) is 4.04. The Morgan fingerprint density at radius 2 is 2.50 bits per heavy atom. The van der Waals surface area contributed by atoms with Crippen molar-refractivity contribution in [2.45, 2.75) is 10.5 Å². The van der Waals surface area contributed by atoms with Crippen LogP contribution in [0.15, 0.2) is 34.6 Å². The van der Waals surface area contributed by atoms with E-state index in [0.29, 0.717) is 12.2 Å². The number of aliphatic imine (C=N–C) groups is 2. The molecule has 1 atom stereocenters. The molecule has 0 aliphatic heterocycles. The number of nitriles is 1. The number of alkyl halides is 1. The van der Waals surface area contributed by atoms with Gasteiger partial charge < -0.3 is 4.98 Å². The molecule has 0 radical (unpaired) electrons. The minimum atomic E-state index is 0.00711. The van der Waals surface area contributed by atoms with Gasteiger partial charge in [0.05, 0.1) is 24.4 Å². The third kappa shape index (κ3) is 2.80. The molecule has 1 N–H and O–H groups in total. The molecule has 0 bridgehead atoms. The van der Waals surface area contributed by atoms with Gasteiger partial charge in [0.1, 0.15) is 9.87 Å². The van der Waals surface area contributed by atoms with Gasteiger partial charge in [0.15, 0.2) is 0 Å². The molecule has 7 heteroatoms. The van der Waals surface area contributed by atoms with Crippen LogP contribution < -0.4 is 0 Å². The van der Waals surface area contributed by atoms with Crippen molar-refractivity contribution >= 4 is 40.8 Å². The summed E-state index contributed by atoms with van der Waals surface area (Å²) in [5.74, 6) is 0.682. The molecule has 2 rings (SSSR count). The van der Waals surface area contributed by atoms with Crippen LogP contribution in [-0.2, 0) is 0 Å². The van der Waals surface area contributed by atoms with Gasteiger partial charge in [-0.25, -0.2) is 4.99 Å². The predicted molar refractivity (Wildman–Crippen MR) is 87.1 cm³/mol. The summed E-state index contributed by atoms with van der Waals surface area (Å²) >= 11 is 2.19. The summed E-state index contributed by atoms with van der Waals surface area (Å²) in [5.41, 5.74) is 2.56. The van der Waals surface area contributed by atoms with Crippen molar-refractivity contribution in [1.29, 1.82) is 5.26 Å². The molecular formula is C13H13IN6. The number of hydrogen-bond acceptors (Lipinski definition) is 4. The zero-order chi connectivity index (χ0) is 14.5. The molecule has 0 fully saturated rings. The van der Waals surface area contributed by atoms with Crippen LogP contribution in [0.4, 0.5) is 5.82 Å². The first kappa shape index (κ1) is 14.5. The van der Waals surface area contributed by atoms with E-state index in [0.717, 1.165) is 16.8 Å². The van der Waals surface area contributed by atoms with E-state index >= 15 is 0 Å². The van der Waals surface area contributed by atoms with Gasteiger partial charge in [-0.05, 0) is 12.8 Å². The molecule has 0 aliphatic rings. The molecule has 102 valence electrons. The third-order valence-electron chi connectivity index (χ3n) is 2.78. The Morgan fingerprint density at radius 1 is 1.70 bits per heavy atom. The Hall–Kier alpha value is -1.95. The Labute approximate surface area is 130 Å². The van der Waals surface area contributed by atoms with Gasteiger partial charge >= 0.3 is 0 Å². The van der Waals surface area contributed by atoms with Gasteiger partial charge in [0, 0.05) is 30.6 Å². The molecule has 0 saturated carbocycles. The van der Waals surface area contributed by atoms with Crippen molar-refractivity contribution in [3.05, 3.63) is 35.8 Å². The summed E-state index contributed by atoms with van der Waals surface area (Å²) in [7, 11) is 1.73. The highest BCUT2D eigenvalue weighted by Crippen LogP contribution is 2.23. The summed E-state index contributed by atoms with van der Waals surface area (Å²) in [6.07, 6.45) is 5.83. The molecule has 0 aliphatic carbocycles. The lowest BCUT2D eigenvalue weighted by atomic mass is 10.1. The first-order chi connectivity index (χ1) is 9.71. The zero-order valence-electron chi connectivity index (χ0n) is 10.9. The summed E-state index contributed by atoms with van der Waals surface area (Å²) in [4.78, 5) is 11.3. The summed E-state index contributed by atoms with van der Waals surface area (Å²) in [5, 5.41) is 13.0. The molecular weight excluding hydrogens is 367 g/mol. The standard InChI is InChI=1S/C13H13IN6/c1-16-12(10-4-6-18-13(10)17-2)9-7-19-20(8-9)11(14)3-5-15/h4,6-8,11,18H,2-3H2,1H3/b16-12-. The maximum atomic E-state index is 8.74. The monoisotopic (exact) mass is 380 g/mol. The average molecular weight is 380 g/mol. The molecule has 2 heterocycles. The maximum Gasteiger partial charge on any atom is 0.138 e. The van der Waals surface area contributed by atoms with Crippen LogP contribution in [-0.4, -0.2) is 34.2 Å². The van der Waals surface area contributed by atoms with Crippen molar-refractivity contribution < 1.29 is 0 Å². The van der Waals surface area contributed by atoms with E-state index in [2.05, 4.69) is 55.4 Å². The number of aromatic amines is 1. The van der Waals surface area contributed by atoms with Gasteiger partial charge in [-0.2, -0.15) is 10.4 Å². The molecule has 2 aromatic heterocycles. The van der Waals surface area contributed by atoms with Crippen molar-refractivity contribution in [3.8, 4) is 6.07 Å². The van der Waals surface area contributed by atoms with Gasteiger partial charge in [-0.15, -0.1) is 0 Å². The van der Waals surface area contributed by atoms with Crippen LogP contribution in [0.5, 0.6) is 0 Å². The Morgan fingerprint density at radius 3 is 3.15 bits per heavy atom. The number of nitrogens with one attached hydrogen (secondary N) is 1. The first-order valence-corrected chi connectivity index (χ1v) is 7.12. The fraction of sp³-hybridized carbons (Fsp3) is 0.231. The lowest BCUT2D eigenvalue weighted by Gasteiger charge is -2.05. The minimum Gasteiger partial charge on any atom is -0.346 e. The summed E-state index contributed by atoms with van der Waals surface area (Å²) in [6.45, 7) is 3.54. The second kappa shape index (κ2) is 6.47. The number of H-pyrrole nitrogens is 1. The molecule has 6 nitrogen and oxygen atoms in total. The highest BCUT2D eigenvalue weighted by Gasteiger charge is 2.15. The number of rotatable bonds is 5. The number of hydrogen-bond donors (Lipinski definition) is 1. The molecule has 0 spiro atoms. The number of halogens is 1. The van der Waals surface area contributed by atoms with Gasteiger partial charge in [-0.3, -0.25) is 9.67 Å². The molecule has 0 amide bonds. The molecule has 20 heavy (non-hydrogen) atoms. The SMILES string of the molecule is C=Nc1[nH]ccc1/C(=N\C)c1cnn(C(I)CC#N)c1. The zero-order valence-corrected chi connectivity index (χ0v) is 13.1. The van der Waals surface area contributed by atoms with Crippen molar-refractivity contribution in [2.75, 3.05) is 7.05 Å². The number of nitrogens with zero attached hydrogens (tertiary/aromatic N) is 5. The Bertz CT molecular complexity index is 675. The van der Waals surface area contributed by atoms with Gasteiger partial charge in [0.25, 0.3) is 0 Å². The van der Waals surface area contributed by atoms with Crippen molar-refractivity contribution in [1.82, 2.24) is 14.8 Å². The van der Waals surface area contributed by atoms with Crippen LogP contribution in [0.3, 0.4) is 0 Å². The highest BCUT2D eigenvalue weighted by molar-refractivity contribution is 14.1. The van der Waals surface area contributed by atoms with Crippen LogP contribution in [0.25, 0.3) is 0 Å². The normalized spacial score (nSPS) is 12.9. The molecule has 1 unspecified atom stereocenters. The largest absolute Gasteiger partial charge is 0.346 e. The molecule has 0 saturated heterocycles. The Balaban J connectivity index is 2.35. The lowest BCUT2D eigenvalue weighted by Crippen LogP contribution is -2.03. The van der Waals surface area contributed by atoms with E-state index in [-0.39, 0.29) is 4.05 Å². The fourth-order valence-electron chi connectivity index (χ4n) is 1.87. The van der Waals surface area contributed by atoms with Crippen molar-refractivity contribution in [2.24, 2.45) is 9.98 Å². The topological polar surface area (TPSA) is 82.1 Å². The predicted octanol–water partition coefficient (Wildman–Crippen LogP) is 2.86. The lowest BCUT2D eigenvalue weighted by molar-refractivity contribution is 0.633. The van der Waals surface area contributed by atoms with E-state index < -0.39 is 0 Å². The van der Waals surface area contributed by atoms with E-state index in [1.807, 2.05) is 12.3 Å². The van der Waals surface area contributed by atoms with Gasteiger partial charge in [-0.1, -0.05) is 22.6 Å². The highest BCUT2D eigenvalue weighted by atomic mass is 127.